The van der Waals surface area contributed by atoms with Crippen LogP contribution in [0.25, 0.3) is 0 Å². The van der Waals surface area contributed by atoms with Gasteiger partial charge in [-0.25, -0.2) is 0 Å². The molecule has 3 aliphatic heterocycles. The second kappa shape index (κ2) is 7.82. The molecule has 2 fully saturated rings. The van der Waals surface area contributed by atoms with Crippen molar-refractivity contribution in [1.29, 1.82) is 0 Å². The number of nitrogens with zero attached hydrogens (tertiary/aromatic N) is 4. The average molecular weight is 364 g/mol. The summed E-state index contributed by atoms with van der Waals surface area (Å²) >= 11 is 0. The lowest BCUT2D eigenvalue weighted by atomic mass is 9.84. The van der Waals surface area contributed by atoms with Crippen molar-refractivity contribution in [1.82, 2.24) is 9.80 Å². The van der Waals surface area contributed by atoms with Gasteiger partial charge in [-0.1, -0.05) is 30.3 Å². The molecule has 3 aliphatic rings. The van der Waals surface area contributed by atoms with Gasteiger partial charge in [0.05, 0.1) is 0 Å². The van der Waals surface area contributed by atoms with Crippen molar-refractivity contribution in [2.75, 3.05) is 26.2 Å². The Kier molecular flexibility index (Phi) is 5.27. The van der Waals surface area contributed by atoms with Gasteiger partial charge in [0.25, 0.3) is 0 Å². The molecule has 1 amide bonds. The van der Waals surface area contributed by atoms with Gasteiger partial charge in [-0.15, -0.1) is 12.3 Å². The smallest absolute Gasteiger partial charge is 0.222 e. The van der Waals surface area contributed by atoms with Crippen molar-refractivity contribution < 1.29 is 4.79 Å². The van der Waals surface area contributed by atoms with Crippen LogP contribution in [0.1, 0.15) is 37.7 Å². The third kappa shape index (κ3) is 4.56. The molecule has 2 saturated heterocycles. The lowest BCUT2D eigenvalue weighted by Gasteiger charge is -2.46. The molecule has 2 bridgehead atoms. The number of carbonyl (C=O) groups excluding carboxylic acids is 1. The van der Waals surface area contributed by atoms with Crippen molar-refractivity contribution >= 4 is 5.91 Å². The topological polar surface area (TPSA) is 48.3 Å². The van der Waals surface area contributed by atoms with Gasteiger partial charge >= 0.3 is 0 Å². The summed E-state index contributed by atoms with van der Waals surface area (Å²) in [4.78, 5) is 17.4. The van der Waals surface area contributed by atoms with Crippen LogP contribution in [-0.2, 0) is 11.3 Å². The van der Waals surface area contributed by atoms with Gasteiger partial charge in [-0.2, -0.15) is 10.2 Å². The van der Waals surface area contributed by atoms with Crippen LogP contribution in [0.5, 0.6) is 0 Å². The zero-order valence-electron chi connectivity index (χ0n) is 15.9. The van der Waals surface area contributed by atoms with Crippen LogP contribution in [0.2, 0.25) is 0 Å². The standard InChI is InChI=1S/C22H28N4O/c1-2-3-10-22(23-24-22)11-9-21(27)26-16-19-12-20(17-26)15-25(14-19)13-18-7-5-4-6-8-18/h1,4-8,19-20H,3,9-17H2. The Balaban J connectivity index is 1.26. The fourth-order valence-corrected chi connectivity index (χ4v) is 4.70. The second-order valence-electron chi connectivity index (χ2n) is 8.33. The van der Waals surface area contributed by atoms with Crippen LogP contribution in [0.3, 0.4) is 0 Å². The van der Waals surface area contributed by atoms with Gasteiger partial charge in [0.2, 0.25) is 5.91 Å². The van der Waals surface area contributed by atoms with Gasteiger partial charge in [0.15, 0.2) is 5.66 Å². The van der Waals surface area contributed by atoms with Gasteiger partial charge in [0.1, 0.15) is 0 Å². The molecule has 5 nitrogen and oxygen atoms in total. The van der Waals surface area contributed by atoms with Crippen molar-refractivity contribution in [3.8, 4) is 12.3 Å². The number of hydrogen-bond acceptors (Lipinski definition) is 4. The molecule has 0 aromatic heterocycles. The maximum atomic E-state index is 12.7. The fourth-order valence-electron chi connectivity index (χ4n) is 4.70. The van der Waals surface area contributed by atoms with E-state index in [4.69, 9.17) is 6.42 Å². The summed E-state index contributed by atoms with van der Waals surface area (Å²) in [6.45, 7) is 4.99. The summed E-state index contributed by atoms with van der Waals surface area (Å²) in [7, 11) is 0. The molecule has 5 heteroatoms. The van der Waals surface area contributed by atoms with Crippen LogP contribution >= 0.6 is 0 Å². The minimum atomic E-state index is -0.347. The second-order valence-corrected chi connectivity index (χ2v) is 8.33. The summed E-state index contributed by atoms with van der Waals surface area (Å²) in [6, 6.07) is 10.7. The first kappa shape index (κ1) is 18.2. The lowest BCUT2D eigenvalue weighted by Crippen LogP contribution is -2.53. The first-order valence-electron chi connectivity index (χ1n) is 10.1. The monoisotopic (exact) mass is 364 g/mol. The molecular weight excluding hydrogens is 336 g/mol. The summed E-state index contributed by atoms with van der Waals surface area (Å²) in [5.41, 5.74) is 1.03. The number of benzene rings is 1. The molecule has 142 valence electrons. The molecule has 0 aliphatic carbocycles. The predicted octanol–water partition coefficient (Wildman–Crippen LogP) is 3.32. The molecule has 0 radical (unpaired) electrons. The summed E-state index contributed by atoms with van der Waals surface area (Å²) < 4.78 is 0. The molecule has 4 rings (SSSR count). The molecule has 1 aromatic rings. The van der Waals surface area contributed by atoms with Gasteiger partial charge < -0.3 is 4.90 Å². The zero-order chi connectivity index (χ0) is 18.7. The van der Waals surface area contributed by atoms with E-state index in [1.807, 2.05) is 0 Å². The molecule has 2 atom stereocenters. The number of fused-ring (bicyclic) bond motifs is 2. The third-order valence-corrected chi connectivity index (χ3v) is 6.05. The molecule has 0 spiro atoms. The van der Waals surface area contributed by atoms with E-state index >= 15 is 0 Å². The van der Waals surface area contributed by atoms with E-state index in [1.165, 1.54) is 12.0 Å². The normalized spacial score (nSPS) is 25.8. The highest BCUT2D eigenvalue weighted by Crippen LogP contribution is 2.38. The third-order valence-electron chi connectivity index (χ3n) is 6.05. The van der Waals surface area contributed by atoms with E-state index < -0.39 is 0 Å². The average Bonchev–Trinajstić information content (AvgIpc) is 3.45. The lowest BCUT2D eigenvalue weighted by molar-refractivity contribution is -0.136. The first-order chi connectivity index (χ1) is 13.2. The minimum absolute atomic E-state index is 0.263. The number of rotatable bonds is 7. The van der Waals surface area contributed by atoms with Crippen LogP contribution in [0.15, 0.2) is 40.6 Å². The SMILES string of the molecule is C#CCCC1(CCC(=O)N2CC3CC(CN(Cc4ccccc4)C3)C2)N=N1. The molecule has 1 aromatic carbocycles. The highest BCUT2D eigenvalue weighted by Gasteiger charge is 2.41. The van der Waals surface area contributed by atoms with Crippen LogP contribution < -0.4 is 0 Å². The van der Waals surface area contributed by atoms with Crippen molar-refractivity contribution in [2.45, 2.75) is 44.3 Å². The van der Waals surface area contributed by atoms with Crippen LogP contribution in [0, 0.1) is 24.2 Å². The molecule has 0 N–H and O–H groups in total. The Morgan fingerprint density at radius 2 is 1.81 bits per heavy atom. The Bertz CT molecular complexity index is 718. The van der Waals surface area contributed by atoms with Crippen molar-refractivity contribution in [2.24, 2.45) is 22.1 Å². The maximum Gasteiger partial charge on any atom is 0.222 e. The van der Waals surface area contributed by atoms with Crippen molar-refractivity contribution in [3.63, 3.8) is 0 Å². The Labute approximate surface area is 161 Å². The Hall–Kier alpha value is -2.19. The largest absolute Gasteiger partial charge is 0.342 e. The fraction of sp³-hybridized carbons (Fsp3) is 0.591. The summed E-state index contributed by atoms with van der Waals surface area (Å²) in [5.74, 6) is 4.09. The number of likely N-dealkylation sites (tertiary alicyclic amines) is 2. The summed E-state index contributed by atoms with van der Waals surface area (Å²) in [6.07, 6.45) is 9.28. The predicted molar refractivity (Wildman–Crippen MR) is 105 cm³/mol. The van der Waals surface area contributed by atoms with E-state index in [2.05, 4.69) is 56.3 Å². The number of piperidine rings is 2. The van der Waals surface area contributed by atoms with Gasteiger partial charge in [-0.3, -0.25) is 9.69 Å². The van der Waals surface area contributed by atoms with E-state index in [-0.39, 0.29) is 11.6 Å². The number of hydrogen-bond donors (Lipinski definition) is 0. The molecule has 0 saturated carbocycles. The van der Waals surface area contributed by atoms with Gasteiger partial charge in [-0.05, 0) is 23.8 Å². The van der Waals surface area contributed by atoms with E-state index in [0.29, 0.717) is 31.1 Å². The van der Waals surface area contributed by atoms with Crippen LogP contribution in [-0.4, -0.2) is 47.5 Å². The zero-order valence-corrected chi connectivity index (χ0v) is 15.9. The van der Waals surface area contributed by atoms with Crippen LogP contribution in [0.4, 0.5) is 0 Å². The first-order valence-corrected chi connectivity index (χ1v) is 10.1. The molecular formula is C22H28N4O. The Morgan fingerprint density at radius 3 is 2.44 bits per heavy atom. The number of terminal acetylenes is 1. The summed E-state index contributed by atoms with van der Waals surface area (Å²) in [5, 5.41) is 8.30. The number of carbonyl (C=O) groups is 1. The molecule has 3 heterocycles. The molecule has 27 heavy (non-hydrogen) atoms. The quantitative estimate of drug-likeness (QED) is 0.697. The van der Waals surface area contributed by atoms with Crippen molar-refractivity contribution in [3.05, 3.63) is 35.9 Å². The Morgan fingerprint density at radius 1 is 1.11 bits per heavy atom. The number of amides is 1. The van der Waals surface area contributed by atoms with E-state index in [1.54, 1.807) is 0 Å². The van der Waals surface area contributed by atoms with E-state index in [0.717, 1.165) is 39.1 Å². The minimum Gasteiger partial charge on any atom is -0.342 e. The molecule has 2 unspecified atom stereocenters. The highest BCUT2D eigenvalue weighted by atomic mass is 16.2. The maximum absolute atomic E-state index is 12.7. The highest BCUT2D eigenvalue weighted by molar-refractivity contribution is 5.76. The van der Waals surface area contributed by atoms with E-state index in [9.17, 15) is 4.79 Å². The van der Waals surface area contributed by atoms with Gasteiger partial charge in [0, 0.05) is 58.4 Å².